The van der Waals surface area contributed by atoms with Crippen molar-refractivity contribution in [3.63, 3.8) is 0 Å². The molecule has 140 valence electrons. The topological polar surface area (TPSA) is 61.8 Å². The van der Waals surface area contributed by atoms with Crippen molar-refractivity contribution in [1.82, 2.24) is 0 Å². The smallest absolute Gasteiger partial charge is 0.106 e. The first-order valence-electron chi connectivity index (χ1n) is 9.10. The van der Waals surface area contributed by atoms with E-state index in [2.05, 4.69) is 0 Å². The van der Waals surface area contributed by atoms with Gasteiger partial charge in [-0.3, -0.25) is 0 Å². The molecule has 4 rings (SSSR count). The summed E-state index contributed by atoms with van der Waals surface area (Å²) in [5, 5.41) is 0. The molecule has 4 heterocycles. The molecule has 0 saturated carbocycles. The molecule has 4 aromatic rings. The van der Waals surface area contributed by atoms with Crippen LogP contribution < -0.4 is 0 Å². The van der Waals surface area contributed by atoms with Crippen molar-refractivity contribution in [2.75, 3.05) is 0 Å². The first-order chi connectivity index (χ1) is 13.3. The van der Waals surface area contributed by atoms with Crippen LogP contribution in [0.5, 0.6) is 0 Å². The molecule has 27 heavy (non-hydrogen) atoms. The van der Waals surface area contributed by atoms with E-state index in [0.717, 1.165) is 23.0 Å². The van der Waals surface area contributed by atoms with Crippen LogP contribution in [-0.4, -0.2) is 12.2 Å². The van der Waals surface area contributed by atoms with E-state index in [0.29, 0.717) is 25.7 Å². The Morgan fingerprint density at radius 2 is 0.815 bits per heavy atom. The van der Waals surface area contributed by atoms with Crippen LogP contribution in [0.1, 0.15) is 23.0 Å². The number of hydrogen-bond donors (Lipinski definition) is 0. The molecule has 0 N–H and O–H groups in total. The Bertz CT molecular complexity index is 711. The second-order valence-electron chi connectivity index (χ2n) is 6.51. The number of hydrogen-bond acceptors (Lipinski definition) is 5. The predicted molar refractivity (Wildman–Crippen MR) is 98.3 cm³/mol. The van der Waals surface area contributed by atoms with Crippen LogP contribution in [-0.2, 0) is 30.4 Å². The Kier molecular flexibility index (Phi) is 5.60. The molecule has 0 spiro atoms. The molecular weight excluding hydrogens is 344 g/mol. The molecule has 0 aliphatic heterocycles. The molecule has 0 aromatic carbocycles. The fourth-order valence-electron chi connectivity index (χ4n) is 3.22. The lowest BCUT2D eigenvalue weighted by molar-refractivity contribution is -0.0191. The Morgan fingerprint density at radius 1 is 0.519 bits per heavy atom. The van der Waals surface area contributed by atoms with E-state index in [1.54, 1.807) is 25.1 Å². The summed E-state index contributed by atoms with van der Waals surface area (Å²) in [5.74, 6) is 3.56. The van der Waals surface area contributed by atoms with Crippen LogP contribution in [0.25, 0.3) is 0 Å². The van der Waals surface area contributed by atoms with Crippen LogP contribution in [0.3, 0.4) is 0 Å². The lowest BCUT2D eigenvalue weighted by Crippen LogP contribution is -2.29. The van der Waals surface area contributed by atoms with Gasteiger partial charge >= 0.3 is 0 Å². The van der Waals surface area contributed by atoms with Gasteiger partial charge in [0.1, 0.15) is 23.0 Å². The molecule has 0 saturated heterocycles. The van der Waals surface area contributed by atoms with Gasteiger partial charge in [-0.2, -0.15) is 0 Å². The van der Waals surface area contributed by atoms with E-state index in [9.17, 15) is 0 Å². The van der Waals surface area contributed by atoms with E-state index in [1.807, 2.05) is 48.5 Å². The van der Waals surface area contributed by atoms with Crippen LogP contribution in [0.4, 0.5) is 0 Å². The predicted octanol–water partition coefficient (Wildman–Crippen LogP) is 5.08. The average Bonchev–Trinajstić information content (AvgIpc) is 3.45. The Morgan fingerprint density at radius 3 is 1.04 bits per heavy atom. The molecule has 0 radical (unpaired) electrons. The summed E-state index contributed by atoms with van der Waals surface area (Å²) >= 11 is 0. The van der Waals surface area contributed by atoms with Crippen LogP contribution in [0.15, 0.2) is 91.3 Å². The first kappa shape index (κ1) is 17.5. The van der Waals surface area contributed by atoms with Crippen LogP contribution in [0.2, 0.25) is 0 Å². The fourth-order valence-corrected chi connectivity index (χ4v) is 3.22. The molecule has 0 fully saturated rings. The molecule has 4 aromatic heterocycles. The third kappa shape index (κ3) is 5.05. The Hall–Kier alpha value is -2.92. The maximum atomic E-state index is 6.50. The lowest BCUT2D eigenvalue weighted by Gasteiger charge is -2.23. The van der Waals surface area contributed by atoms with E-state index in [1.165, 1.54) is 0 Å². The normalized spacial score (nSPS) is 11.6. The zero-order valence-electron chi connectivity index (χ0n) is 15.0. The van der Waals surface area contributed by atoms with Gasteiger partial charge in [0.15, 0.2) is 0 Å². The van der Waals surface area contributed by atoms with Gasteiger partial charge in [0.05, 0.1) is 37.3 Å². The first-order valence-corrected chi connectivity index (χ1v) is 9.10. The van der Waals surface area contributed by atoms with E-state index in [-0.39, 0.29) is 12.2 Å². The Balaban J connectivity index is 1.49. The minimum Gasteiger partial charge on any atom is -0.469 e. The van der Waals surface area contributed by atoms with Gasteiger partial charge in [-0.1, -0.05) is 0 Å². The highest BCUT2D eigenvalue weighted by molar-refractivity contribution is 5.07. The summed E-state index contributed by atoms with van der Waals surface area (Å²) in [6.07, 6.45) is 9.23. The van der Waals surface area contributed by atoms with Crippen molar-refractivity contribution in [2.45, 2.75) is 37.9 Å². The zero-order valence-corrected chi connectivity index (χ0v) is 15.0. The second kappa shape index (κ2) is 8.64. The lowest BCUT2D eigenvalue weighted by atomic mass is 10.1. The van der Waals surface area contributed by atoms with Crippen molar-refractivity contribution in [3.05, 3.63) is 96.6 Å². The third-order valence-electron chi connectivity index (χ3n) is 4.42. The average molecular weight is 366 g/mol. The Labute approximate surface area is 157 Å². The summed E-state index contributed by atoms with van der Waals surface area (Å²) in [5.41, 5.74) is 0. The van der Waals surface area contributed by atoms with Crippen LogP contribution >= 0.6 is 0 Å². The summed E-state index contributed by atoms with van der Waals surface area (Å²) < 4.78 is 28.6. The monoisotopic (exact) mass is 366 g/mol. The number of furan rings is 4. The van der Waals surface area contributed by atoms with Gasteiger partial charge in [0.2, 0.25) is 0 Å². The van der Waals surface area contributed by atoms with Gasteiger partial charge in [-0.25, -0.2) is 0 Å². The largest absolute Gasteiger partial charge is 0.469 e. The summed E-state index contributed by atoms with van der Waals surface area (Å²) in [6, 6.07) is 15.4. The number of rotatable bonds is 10. The molecule has 0 unspecified atom stereocenters. The summed E-state index contributed by atoms with van der Waals surface area (Å²) in [4.78, 5) is 0. The second-order valence-corrected chi connectivity index (χ2v) is 6.51. The van der Waals surface area contributed by atoms with E-state index >= 15 is 0 Å². The maximum absolute atomic E-state index is 6.50. The zero-order chi connectivity index (χ0) is 18.3. The number of ether oxygens (including phenoxy) is 1. The quantitative estimate of drug-likeness (QED) is 0.391. The third-order valence-corrected chi connectivity index (χ3v) is 4.42. The molecule has 0 amide bonds. The van der Waals surface area contributed by atoms with Crippen molar-refractivity contribution in [2.24, 2.45) is 0 Å². The van der Waals surface area contributed by atoms with Gasteiger partial charge in [-0.15, -0.1) is 0 Å². The van der Waals surface area contributed by atoms with Gasteiger partial charge < -0.3 is 22.4 Å². The molecule has 0 aliphatic carbocycles. The van der Waals surface area contributed by atoms with Crippen molar-refractivity contribution in [1.29, 1.82) is 0 Å². The van der Waals surface area contributed by atoms with Crippen molar-refractivity contribution in [3.8, 4) is 0 Å². The highest BCUT2D eigenvalue weighted by Gasteiger charge is 2.22. The van der Waals surface area contributed by atoms with Gasteiger partial charge in [0, 0.05) is 25.7 Å². The SMILES string of the molecule is c1coc(CC(Cc2ccco2)OC(Cc2ccco2)Cc2ccco2)c1. The molecule has 0 atom stereocenters. The summed E-state index contributed by atoms with van der Waals surface area (Å²) in [7, 11) is 0. The molecular formula is C22H22O5. The van der Waals surface area contributed by atoms with Crippen molar-refractivity contribution < 1.29 is 22.4 Å². The fraction of sp³-hybridized carbons (Fsp3) is 0.273. The minimum atomic E-state index is -0.0859. The highest BCUT2D eigenvalue weighted by Crippen LogP contribution is 2.19. The van der Waals surface area contributed by atoms with Crippen molar-refractivity contribution >= 4 is 0 Å². The maximum Gasteiger partial charge on any atom is 0.106 e. The highest BCUT2D eigenvalue weighted by atomic mass is 16.5. The standard InChI is InChI=1S/C22H22O5/c1-5-17(23-9-1)13-21(14-18-6-2-10-24-18)27-22(15-19-7-3-11-25-19)16-20-8-4-12-26-20/h1-12,21-22H,13-16H2. The van der Waals surface area contributed by atoms with Gasteiger partial charge in [0.25, 0.3) is 0 Å². The molecule has 0 aliphatic rings. The molecule has 0 bridgehead atoms. The van der Waals surface area contributed by atoms with E-state index in [4.69, 9.17) is 22.4 Å². The van der Waals surface area contributed by atoms with E-state index < -0.39 is 0 Å². The molecule has 5 heteroatoms. The minimum absolute atomic E-state index is 0.0859. The summed E-state index contributed by atoms with van der Waals surface area (Å²) in [6.45, 7) is 0. The van der Waals surface area contributed by atoms with Crippen LogP contribution in [0, 0.1) is 0 Å². The molecule has 5 nitrogen and oxygen atoms in total. The van der Waals surface area contributed by atoms with Gasteiger partial charge in [-0.05, 0) is 48.5 Å².